The van der Waals surface area contributed by atoms with Crippen LogP contribution in [0.4, 0.5) is 0 Å². The summed E-state index contributed by atoms with van der Waals surface area (Å²) in [4.78, 5) is 9.13. The smallest absolute Gasteiger partial charge is 0.139 e. The third-order valence-corrected chi connectivity index (χ3v) is 5.60. The van der Waals surface area contributed by atoms with Crippen LogP contribution in [0.25, 0.3) is 21.3 Å². The van der Waals surface area contributed by atoms with Gasteiger partial charge in [-0.3, -0.25) is 4.98 Å². The Labute approximate surface area is 144 Å². The molecule has 0 spiro atoms. The largest absolute Gasteiger partial charge is 0.412 e. The molecule has 0 saturated carbocycles. The molecule has 3 aromatic heterocycles. The average Bonchev–Trinajstić information content (AvgIpc) is 3.18. The van der Waals surface area contributed by atoms with Crippen molar-refractivity contribution in [3.8, 4) is 0 Å². The topological polar surface area (TPSA) is 91.7 Å². The minimum absolute atomic E-state index is 0. The summed E-state index contributed by atoms with van der Waals surface area (Å²) in [6, 6.07) is 2.25. The van der Waals surface area contributed by atoms with E-state index in [2.05, 4.69) is 26.8 Å². The minimum Gasteiger partial charge on any atom is -0.412 e. The summed E-state index contributed by atoms with van der Waals surface area (Å²) >= 11 is 1.68. The number of pyridine rings is 1. The van der Waals surface area contributed by atoms with E-state index in [0.717, 1.165) is 40.5 Å². The second kappa shape index (κ2) is 6.76. The van der Waals surface area contributed by atoms with Crippen LogP contribution in [0.1, 0.15) is 51.1 Å². The van der Waals surface area contributed by atoms with Crippen LogP contribution in [0.5, 0.6) is 0 Å². The summed E-state index contributed by atoms with van der Waals surface area (Å²) in [6.45, 7) is 4.62. The molecule has 4 rings (SSSR count). The Morgan fingerprint density at radius 1 is 1.42 bits per heavy atom. The van der Waals surface area contributed by atoms with E-state index in [1.54, 1.807) is 18.3 Å². The lowest BCUT2D eigenvalue weighted by Crippen LogP contribution is -2.28. The van der Waals surface area contributed by atoms with E-state index in [4.69, 9.17) is 4.74 Å². The summed E-state index contributed by atoms with van der Waals surface area (Å²) in [5.41, 5.74) is 2.93. The molecule has 1 aliphatic heterocycles. The molecule has 6 nitrogen and oxygen atoms in total. The van der Waals surface area contributed by atoms with Gasteiger partial charge in [0.2, 0.25) is 0 Å². The average molecular weight is 349 g/mol. The minimum atomic E-state index is -0.610. The molecule has 0 aromatic carbocycles. The quantitative estimate of drug-likeness (QED) is 0.787. The molecule has 3 atom stereocenters. The maximum absolute atomic E-state index is 10.2. The van der Waals surface area contributed by atoms with Crippen LogP contribution >= 0.6 is 11.3 Å². The molecule has 0 aliphatic carbocycles. The summed E-state index contributed by atoms with van der Waals surface area (Å²) in [6.07, 6.45) is 4.73. The van der Waals surface area contributed by atoms with Crippen LogP contribution in [0, 0.1) is 0 Å². The van der Waals surface area contributed by atoms with Gasteiger partial charge in [-0.05, 0) is 37.6 Å². The lowest BCUT2D eigenvalue weighted by Gasteiger charge is -2.31. The molecule has 0 amide bonds. The van der Waals surface area contributed by atoms with Crippen molar-refractivity contribution in [1.29, 1.82) is 0 Å². The summed E-state index contributed by atoms with van der Waals surface area (Å²) in [7, 11) is 0. The molecular weight excluding hydrogens is 326 g/mol. The molecule has 3 aromatic rings. The van der Waals surface area contributed by atoms with Crippen molar-refractivity contribution in [3.63, 3.8) is 0 Å². The maximum Gasteiger partial charge on any atom is 0.139 e. The number of hydrogen-bond acceptors (Lipinski definition) is 5. The van der Waals surface area contributed by atoms with Gasteiger partial charge in [-0.15, -0.1) is 11.3 Å². The van der Waals surface area contributed by atoms with Gasteiger partial charge in [-0.2, -0.15) is 0 Å². The van der Waals surface area contributed by atoms with Crippen molar-refractivity contribution < 1.29 is 15.3 Å². The highest BCUT2D eigenvalue weighted by Gasteiger charge is 2.28. The van der Waals surface area contributed by atoms with E-state index in [1.165, 1.54) is 0 Å². The number of thiophene rings is 1. The fourth-order valence-corrected chi connectivity index (χ4v) is 4.37. The highest BCUT2D eigenvalue weighted by molar-refractivity contribution is 7.18. The second-order valence-electron chi connectivity index (χ2n) is 6.24. The lowest BCUT2D eigenvalue weighted by atomic mass is 10.0. The molecule has 3 N–H and O–H groups in total. The first-order valence-corrected chi connectivity index (χ1v) is 9.10. The van der Waals surface area contributed by atoms with E-state index in [0.29, 0.717) is 18.5 Å². The van der Waals surface area contributed by atoms with Crippen LogP contribution in [-0.2, 0) is 4.74 Å². The summed E-state index contributed by atoms with van der Waals surface area (Å²) in [5.74, 6) is 0.714. The standard InChI is InChI=1S/C17H21N3O2S.H2O/c1-3-12-5-4-11(9-22-12)20-15-14(19-17(20)10(2)21)8-18-13-6-7-23-16(13)15;/h6-8,10-12,21H,3-5,9H2,1-2H3;1H2/t10-,11+,12+;/m1./s1. The number of rotatable bonds is 3. The molecule has 0 bridgehead atoms. The third kappa shape index (κ3) is 2.71. The Balaban J connectivity index is 0.00000169. The van der Waals surface area contributed by atoms with Crippen molar-refractivity contribution in [1.82, 2.24) is 14.5 Å². The first kappa shape index (κ1) is 17.3. The first-order chi connectivity index (χ1) is 11.2. The van der Waals surface area contributed by atoms with Gasteiger partial charge < -0.3 is 19.9 Å². The molecule has 24 heavy (non-hydrogen) atoms. The van der Waals surface area contributed by atoms with Gasteiger partial charge in [0.1, 0.15) is 17.4 Å². The summed E-state index contributed by atoms with van der Waals surface area (Å²) in [5, 5.41) is 12.3. The van der Waals surface area contributed by atoms with Gasteiger partial charge in [-0.1, -0.05) is 6.92 Å². The maximum atomic E-state index is 10.2. The van der Waals surface area contributed by atoms with Gasteiger partial charge in [0, 0.05) is 0 Å². The number of aliphatic hydroxyl groups is 1. The Morgan fingerprint density at radius 3 is 2.92 bits per heavy atom. The second-order valence-corrected chi connectivity index (χ2v) is 7.15. The van der Waals surface area contributed by atoms with Crippen molar-refractivity contribution in [2.45, 2.75) is 51.4 Å². The Morgan fingerprint density at radius 2 is 2.25 bits per heavy atom. The molecule has 1 saturated heterocycles. The first-order valence-electron chi connectivity index (χ1n) is 8.22. The number of ether oxygens (including phenoxy) is 1. The molecule has 4 heterocycles. The number of aliphatic hydroxyl groups excluding tert-OH is 1. The number of aromatic nitrogens is 3. The van der Waals surface area contributed by atoms with E-state index < -0.39 is 6.10 Å². The normalized spacial score (nSPS) is 22.6. The van der Waals surface area contributed by atoms with Crippen LogP contribution in [0.15, 0.2) is 17.6 Å². The van der Waals surface area contributed by atoms with Crippen molar-refractivity contribution in [2.75, 3.05) is 6.61 Å². The molecule has 130 valence electrons. The van der Waals surface area contributed by atoms with Crippen LogP contribution < -0.4 is 0 Å². The number of hydrogen-bond donors (Lipinski definition) is 1. The molecule has 0 unspecified atom stereocenters. The molecule has 0 radical (unpaired) electrons. The van der Waals surface area contributed by atoms with Gasteiger partial charge in [0.15, 0.2) is 0 Å². The van der Waals surface area contributed by atoms with Gasteiger partial charge in [0.05, 0.1) is 40.7 Å². The molecule has 7 heteroatoms. The zero-order valence-corrected chi connectivity index (χ0v) is 14.7. The number of nitrogens with zero attached hydrogens (tertiary/aromatic N) is 3. The highest BCUT2D eigenvalue weighted by atomic mass is 32.1. The highest BCUT2D eigenvalue weighted by Crippen LogP contribution is 2.36. The van der Waals surface area contributed by atoms with Crippen molar-refractivity contribution in [3.05, 3.63) is 23.5 Å². The molecular formula is C17H23N3O3S. The van der Waals surface area contributed by atoms with E-state index in [1.807, 2.05) is 12.3 Å². The molecule has 1 aliphatic rings. The molecule has 1 fully saturated rings. The zero-order valence-electron chi connectivity index (χ0n) is 13.9. The Bertz CT molecular complexity index is 834. The predicted octanol–water partition coefficient (Wildman–Crippen LogP) is 3.00. The Hall–Kier alpha value is -1.54. The van der Waals surface area contributed by atoms with E-state index >= 15 is 0 Å². The van der Waals surface area contributed by atoms with E-state index in [-0.39, 0.29) is 11.5 Å². The number of imidazole rings is 1. The monoisotopic (exact) mass is 349 g/mol. The number of fused-ring (bicyclic) bond motifs is 3. The van der Waals surface area contributed by atoms with E-state index in [9.17, 15) is 5.11 Å². The fourth-order valence-electron chi connectivity index (χ4n) is 3.48. The van der Waals surface area contributed by atoms with Crippen molar-refractivity contribution >= 4 is 32.6 Å². The Kier molecular flexibility index (Phi) is 4.87. The van der Waals surface area contributed by atoms with Gasteiger partial charge in [-0.25, -0.2) is 4.98 Å². The fraction of sp³-hybridized carbons (Fsp3) is 0.529. The van der Waals surface area contributed by atoms with Crippen LogP contribution in [-0.4, -0.2) is 37.8 Å². The van der Waals surface area contributed by atoms with Gasteiger partial charge >= 0.3 is 0 Å². The van der Waals surface area contributed by atoms with Crippen LogP contribution in [0.2, 0.25) is 0 Å². The summed E-state index contributed by atoms with van der Waals surface area (Å²) < 4.78 is 9.34. The third-order valence-electron chi connectivity index (χ3n) is 4.69. The van der Waals surface area contributed by atoms with Crippen LogP contribution in [0.3, 0.4) is 0 Å². The van der Waals surface area contributed by atoms with Crippen molar-refractivity contribution in [2.24, 2.45) is 0 Å². The van der Waals surface area contributed by atoms with Gasteiger partial charge in [0.25, 0.3) is 0 Å². The predicted molar refractivity (Wildman–Crippen MR) is 95.5 cm³/mol. The zero-order chi connectivity index (χ0) is 16.0. The lowest BCUT2D eigenvalue weighted by molar-refractivity contribution is -0.0139. The SMILES string of the molecule is CC[C@H]1CC[C@H](n2c([C@@H](C)O)nc3cnc4ccsc4c32)CO1.O.